The highest BCUT2D eigenvalue weighted by Gasteiger charge is 2.03. The second-order valence-electron chi connectivity index (χ2n) is 3.57. The summed E-state index contributed by atoms with van der Waals surface area (Å²) in [5, 5.41) is 8.06. The monoisotopic (exact) mass is 244 g/mol. The zero-order chi connectivity index (χ0) is 11.7. The normalized spacial score (nSPS) is 10.6. The Kier molecular flexibility index (Phi) is 2.42. The lowest BCUT2D eigenvalue weighted by Gasteiger charge is -1.98. The van der Waals surface area contributed by atoms with Crippen molar-refractivity contribution in [3.8, 4) is 0 Å². The van der Waals surface area contributed by atoms with E-state index in [1.807, 2.05) is 30.3 Å². The Balaban J connectivity index is 1.96. The summed E-state index contributed by atoms with van der Waals surface area (Å²) in [7, 11) is 0. The summed E-state index contributed by atoms with van der Waals surface area (Å²) in [6.45, 7) is 0. The number of nitrogens with zero attached hydrogens (tertiary/aromatic N) is 3. The van der Waals surface area contributed by atoms with E-state index in [2.05, 4.69) is 15.4 Å². The molecule has 1 N–H and O–H groups in total. The Hall–Kier alpha value is -2.07. The Labute approximate surface area is 103 Å². The van der Waals surface area contributed by atoms with Gasteiger partial charge in [0, 0.05) is 23.0 Å². The molecule has 3 rings (SSSR count). The maximum Gasteiger partial charge on any atom is 0.247 e. The lowest BCUT2D eigenvalue weighted by Crippen LogP contribution is -1.92. The Morgan fingerprint density at radius 2 is 1.94 bits per heavy atom. The molecule has 17 heavy (non-hydrogen) atoms. The van der Waals surface area contributed by atoms with E-state index in [1.165, 1.54) is 0 Å². The largest absolute Gasteiger partial charge is 0.323 e. The van der Waals surface area contributed by atoms with E-state index >= 15 is 0 Å². The molecule has 1 aromatic carbocycles. The molecule has 2 heterocycles. The number of hydrogen-bond donors (Lipinski definition) is 1. The van der Waals surface area contributed by atoms with Gasteiger partial charge in [-0.1, -0.05) is 29.8 Å². The van der Waals surface area contributed by atoms with Gasteiger partial charge in [0.05, 0.1) is 0 Å². The van der Waals surface area contributed by atoms with Crippen molar-refractivity contribution < 1.29 is 0 Å². The highest BCUT2D eigenvalue weighted by molar-refractivity contribution is 6.30. The first-order chi connectivity index (χ1) is 8.31. The van der Waals surface area contributed by atoms with Crippen LogP contribution in [-0.2, 0) is 0 Å². The summed E-state index contributed by atoms with van der Waals surface area (Å²) in [4.78, 5) is 4.33. The molecule has 0 saturated heterocycles. The highest BCUT2D eigenvalue weighted by atomic mass is 35.5. The van der Waals surface area contributed by atoms with Crippen LogP contribution in [0, 0.1) is 0 Å². The quantitative estimate of drug-likeness (QED) is 0.753. The maximum atomic E-state index is 5.89. The number of hydrogen-bond acceptors (Lipinski definition) is 3. The van der Waals surface area contributed by atoms with E-state index in [-0.39, 0.29) is 0 Å². The van der Waals surface area contributed by atoms with Crippen LogP contribution < -0.4 is 5.32 Å². The van der Waals surface area contributed by atoms with Crippen LogP contribution in [0.1, 0.15) is 0 Å². The predicted octanol–water partition coefficient (Wildman–Crippen LogP) is 3.13. The number of para-hydroxylation sites is 1. The number of fused-ring (bicyclic) bond motifs is 1. The second-order valence-corrected chi connectivity index (χ2v) is 4.01. The lowest BCUT2D eigenvalue weighted by atomic mass is 10.3. The Morgan fingerprint density at radius 3 is 2.76 bits per heavy atom. The molecule has 0 atom stereocenters. The maximum absolute atomic E-state index is 5.89. The van der Waals surface area contributed by atoms with Gasteiger partial charge in [-0.25, -0.2) is 4.52 Å². The van der Waals surface area contributed by atoms with Gasteiger partial charge in [-0.3, -0.25) is 0 Å². The zero-order valence-electron chi connectivity index (χ0n) is 8.84. The van der Waals surface area contributed by atoms with Crippen molar-refractivity contribution in [2.24, 2.45) is 0 Å². The van der Waals surface area contributed by atoms with Gasteiger partial charge >= 0.3 is 0 Å². The van der Waals surface area contributed by atoms with Crippen LogP contribution in [-0.4, -0.2) is 14.6 Å². The van der Waals surface area contributed by atoms with Gasteiger partial charge in [-0.15, -0.1) is 5.10 Å². The smallest absolute Gasteiger partial charge is 0.247 e. The Morgan fingerprint density at radius 1 is 1.12 bits per heavy atom. The first-order valence-electron chi connectivity index (χ1n) is 5.15. The van der Waals surface area contributed by atoms with Crippen molar-refractivity contribution in [3.05, 3.63) is 53.7 Å². The highest BCUT2D eigenvalue weighted by Crippen LogP contribution is 2.15. The molecule has 4 nitrogen and oxygen atoms in total. The molecule has 2 aromatic heterocycles. The van der Waals surface area contributed by atoms with E-state index in [1.54, 1.807) is 22.8 Å². The van der Waals surface area contributed by atoms with Crippen LogP contribution in [0.3, 0.4) is 0 Å². The molecule has 3 aromatic rings. The molecule has 0 saturated carbocycles. The first kappa shape index (κ1) is 10.1. The number of pyridine rings is 1. The number of aromatic nitrogens is 3. The topological polar surface area (TPSA) is 42.2 Å². The molecule has 0 aliphatic heterocycles. The summed E-state index contributed by atoms with van der Waals surface area (Å²) in [5.74, 6) is 0.554. The molecule has 5 heteroatoms. The van der Waals surface area contributed by atoms with Crippen molar-refractivity contribution in [2.75, 3.05) is 5.32 Å². The van der Waals surface area contributed by atoms with Crippen molar-refractivity contribution in [1.29, 1.82) is 0 Å². The molecular weight excluding hydrogens is 236 g/mol. The van der Waals surface area contributed by atoms with E-state index in [4.69, 9.17) is 11.6 Å². The van der Waals surface area contributed by atoms with Gasteiger partial charge < -0.3 is 5.32 Å². The molecule has 0 bridgehead atoms. The summed E-state index contributed by atoms with van der Waals surface area (Å²) < 4.78 is 1.68. The van der Waals surface area contributed by atoms with Crippen LogP contribution in [0.2, 0.25) is 5.02 Å². The first-order valence-corrected chi connectivity index (χ1v) is 5.53. The fourth-order valence-electron chi connectivity index (χ4n) is 1.56. The number of nitrogens with one attached hydrogen (secondary N) is 1. The van der Waals surface area contributed by atoms with Crippen LogP contribution >= 0.6 is 11.6 Å². The third-order valence-electron chi connectivity index (χ3n) is 2.33. The molecule has 0 radical (unpaired) electrons. The molecule has 0 unspecified atom stereocenters. The van der Waals surface area contributed by atoms with Crippen molar-refractivity contribution >= 4 is 28.9 Å². The third kappa shape index (κ3) is 2.07. The summed E-state index contributed by atoms with van der Waals surface area (Å²) in [6.07, 6.45) is 1.78. The molecule has 0 fully saturated rings. The number of rotatable bonds is 2. The zero-order valence-corrected chi connectivity index (χ0v) is 9.59. The SMILES string of the molecule is Clc1ccn2nc(Nc3ccccc3)nc2c1. The minimum Gasteiger partial charge on any atom is -0.323 e. The molecule has 0 aliphatic carbocycles. The van der Waals surface area contributed by atoms with Crippen molar-refractivity contribution in [1.82, 2.24) is 14.6 Å². The third-order valence-corrected chi connectivity index (χ3v) is 2.56. The van der Waals surface area contributed by atoms with Gasteiger partial charge in [-0.2, -0.15) is 4.98 Å². The molecule has 0 spiro atoms. The van der Waals surface area contributed by atoms with E-state index in [0.717, 1.165) is 11.3 Å². The average molecular weight is 245 g/mol. The number of halogens is 1. The minimum absolute atomic E-state index is 0.554. The standard InChI is InChI=1S/C12H9ClN4/c13-9-6-7-17-11(8-9)15-12(16-17)14-10-4-2-1-3-5-10/h1-8H,(H,14,16). The van der Waals surface area contributed by atoms with E-state index in [0.29, 0.717) is 11.0 Å². The molecule has 0 aliphatic rings. The summed E-state index contributed by atoms with van der Waals surface area (Å²) in [5.41, 5.74) is 1.67. The summed E-state index contributed by atoms with van der Waals surface area (Å²) >= 11 is 5.89. The average Bonchev–Trinajstić information content (AvgIpc) is 2.71. The van der Waals surface area contributed by atoms with Gasteiger partial charge in [0.1, 0.15) is 0 Å². The van der Waals surface area contributed by atoms with Gasteiger partial charge in [0.2, 0.25) is 5.95 Å². The fraction of sp³-hybridized carbons (Fsp3) is 0. The van der Waals surface area contributed by atoms with E-state index < -0.39 is 0 Å². The second kappa shape index (κ2) is 4.07. The summed E-state index contributed by atoms with van der Waals surface area (Å²) in [6, 6.07) is 13.3. The van der Waals surface area contributed by atoms with Crippen molar-refractivity contribution in [2.45, 2.75) is 0 Å². The predicted molar refractivity (Wildman–Crippen MR) is 67.7 cm³/mol. The van der Waals surface area contributed by atoms with Crippen LogP contribution in [0.15, 0.2) is 48.7 Å². The van der Waals surface area contributed by atoms with E-state index in [9.17, 15) is 0 Å². The number of benzene rings is 1. The molecular formula is C12H9ClN4. The van der Waals surface area contributed by atoms with Crippen LogP contribution in [0.4, 0.5) is 11.6 Å². The minimum atomic E-state index is 0.554. The van der Waals surface area contributed by atoms with Crippen LogP contribution in [0.25, 0.3) is 5.65 Å². The molecule has 0 amide bonds. The number of anilines is 2. The fourth-order valence-corrected chi connectivity index (χ4v) is 1.71. The van der Waals surface area contributed by atoms with Gasteiger partial charge in [0.15, 0.2) is 5.65 Å². The van der Waals surface area contributed by atoms with Gasteiger partial charge in [0.25, 0.3) is 0 Å². The lowest BCUT2D eigenvalue weighted by molar-refractivity contribution is 0.965. The van der Waals surface area contributed by atoms with Gasteiger partial charge in [-0.05, 0) is 18.2 Å². The Bertz CT molecular complexity index is 648. The molecule has 84 valence electrons. The van der Waals surface area contributed by atoms with Crippen molar-refractivity contribution in [3.63, 3.8) is 0 Å². The van der Waals surface area contributed by atoms with Crippen LogP contribution in [0.5, 0.6) is 0 Å².